The molecular formula is C14H21N5O3S. The highest BCUT2D eigenvalue weighted by Gasteiger charge is 2.17. The van der Waals surface area contributed by atoms with E-state index in [0.29, 0.717) is 18.5 Å². The number of sulfonamides is 1. The van der Waals surface area contributed by atoms with Crippen molar-refractivity contribution in [1.82, 2.24) is 15.1 Å². The summed E-state index contributed by atoms with van der Waals surface area (Å²) in [6, 6.07) is 6.98. The maximum atomic E-state index is 11.5. The van der Waals surface area contributed by atoms with Crippen LogP contribution < -0.4 is 10.0 Å². The summed E-state index contributed by atoms with van der Waals surface area (Å²) in [5.41, 5.74) is 0.839. The molecule has 0 spiro atoms. The van der Waals surface area contributed by atoms with Gasteiger partial charge in [0.05, 0.1) is 11.4 Å². The van der Waals surface area contributed by atoms with E-state index in [1.807, 2.05) is 39.0 Å². The average Bonchev–Trinajstić information content (AvgIpc) is 2.94. The molecule has 1 aromatic carbocycles. The zero-order chi connectivity index (χ0) is 17.2. The van der Waals surface area contributed by atoms with E-state index in [0.717, 1.165) is 5.56 Å². The van der Waals surface area contributed by atoms with Crippen molar-refractivity contribution in [3.63, 3.8) is 0 Å². The topological polar surface area (TPSA) is 106 Å². The summed E-state index contributed by atoms with van der Waals surface area (Å²) in [6.07, 6.45) is 0. The van der Waals surface area contributed by atoms with Crippen LogP contribution in [0.25, 0.3) is 0 Å². The molecule has 2 aromatic rings. The van der Waals surface area contributed by atoms with Crippen LogP contribution in [0.5, 0.6) is 0 Å². The van der Waals surface area contributed by atoms with Crippen LogP contribution >= 0.6 is 0 Å². The van der Waals surface area contributed by atoms with Crippen LogP contribution in [0.1, 0.15) is 24.4 Å². The second-order valence-electron chi connectivity index (χ2n) is 5.58. The van der Waals surface area contributed by atoms with Gasteiger partial charge in [-0.2, -0.15) is 0 Å². The number of aromatic nitrogens is 2. The van der Waals surface area contributed by atoms with Crippen molar-refractivity contribution in [3.05, 3.63) is 35.7 Å². The highest BCUT2D eigenvalue weighted by Crippen LogP contribution is 2.23. The van der Waals surface area contributed by atoms with Crippen LogP contribution in [-0.4, -0.2) is 44.7 Å². The zero-order valence-corrected chi connectivity index (χ0v) is 14.4. The number of hydrogen-bond acceptors (Lipinski definition) is 7. The quantitative estimate of drug-likeness (QED) is 0.836. The predicted octanol–water partition coefficient (Wildman–Crippen LogP) is 0.976. The van der Waals surface area contributed by atoms with Gasteiger partial charge < -0.3 is 9.32 Å². The first-order chi connectivity index (χ1) is 10.7. The van der Waals surface area contributed by atoms with Gasteiger partial charge in [0.2, 0.25) is 15.9 Å². The van der Waals surface area contributed by atoms with Gasteiger partial charge in [-0.1, -0.05) is 17.2 Å². The molecule has 23 heavy (non-hydrogen) atoms. The summed E-state index contributed by atoms with van der Waals surface area (Å²) in [5.74, 6) is 0.491. The Labute approximate surface area is 136 Å². The number of primary sulfonamides is 1. The molecule has 0 aliphatic carbocycles. The van der Waals surface area contributed by atoms with Crippen molar-refractivity contribution < 1.29 is 12.8 Å². The molecule has 1 atom stereocenters. The maximum Gasteiger partial charge on any atom is 0.317 e. The molecule has 0 aliphatic rings. The van der Waals surface area contributed by atoms with Gasteiger partial charge in [0.1, 0.15) is 0 Å². The lowest BCUT2D eigenvalue weighted by molar-refractivity contribution is 0.228. The predicted molar refractivity (Wildman–Crippen MR) is 86.3 cm³/mol. The standard InChI is InChI=1S/C14H21N5O3S/c1-10(11-6-5-7-12(8-11)23(15,20)21)19(4)9-13-16-17-14(22-13)18(2)3/h5-8,10H,9H2,1-4H3,(H2,15,20,21)/t10-/m1/s1. The Morgan fingerprint density at radius 2 is 1.96 bits per heavy atom. The third-order valence-electron chi connectivity index (χ3n) is 3.55. The van der Waals surface area contributed by atoms with Gasteiger partial charge in [-0.15, -0.1) is 5.10 Å². The number of nitrogens with two attached hydrogens (primary N) is 1. The Morgan fingerprint density at radius 3 is 2.52 bits per heavy atom. The monoisotopic (exact) mass is 339 g/mol. The van der Waals surface area contributed by atoms with E-state index in [9.17, 15) is 8.42 Å². The van der Waals surface area contributed by atoms with Crippen LogP contribution in [0.15, 0.2) is 33.6 Å². The molecule has 0 amide bonds. The van der Waals surface area contributed by atoms with Crippen molar-refractivity contribution >= 4 is 16.0 Å². The normalized spacial score (nSPS) is 13.3. The Bertz CT molecular complexity index is 772. The highest BCUT2D eigenvalue weighted by molar-refractivity contribution is 7.89. The minimum Gasteiger partial charge on any atom is -0.407 e. The maximum absolute atomic E-state index is 11.5. The van der Waals surface area contributed by atoms with Gasteiger partial charge in [0, 0.05) is 20.1 Å². The van der Waals surface area contributed by atoms with E-state index in [1.54, 1.807) is 17.0 Å². The second kappa shape index (κ2) is 6.65. The Morgan fingerprint density at radius 1 is 1.26 bits per heavy atom. The first kappa shape index (κ1) is 17.4. The minimum absolute atomic E-state index is 0.0496. The van der Waals surface area contributed by atoms with E-state index >= 15 is 0 Å². The summed E-state index contributed by atoms with van der Waals surface area (Å²) in [7, 11) is 1.83. The molecule has 2 N–H and O–H groups in total. The average molecular weight is 339 g/mol. The van der Waals surface area contributed by atoms with E-state index in [1.165, 1.54) is 6.07 Å². The molecule has 0 bridgehead atoms. The van der Waals surface area contributed by atoms with Gasteiger partial charge in [-0.25, -0.2) is 13.6 Å². The number of rotatable bonds is 6. The van der Waals surface area contributed by atoms with Crippen LogP contribution in [0.4, 0.5) is 6.01 Å². The molecule has 0 saturated heterocycles. The van der Waals surface area contributed by atoms with Gasteiger partial charge in [0.25, 0.3) is 0 Å². The summed E-state index contributed by atoms with van der Waals surface area (Å²) in [4.78, 5) is 3.81. The van der Waals surface area contributed by atoms with Crippen LogP contribution in [0.3, 0.4) is 0 Å². The number of hydrogen-bond donors (Lipinski definition) is 1. The fraction of sp³-hybridized carbons (Fsp3) is 0.429. The van der Waals surface area contributed by atoms with Crippen molar-refractivity contribution in [1.29, 1.82) is 0 Å². The molecule has 0 radical (unpaired) electrons. The van der Waals surface area contributed by atoms with Crippen molar-refractivity contribution in [2.24, 2.45) is 5.14 Å². The van der Waals surface area contributed by atoms with Gasteiger partial charge in [-0.05, 0) is 31.7 Å². The molecule has 0 saturated carbocycles. The fourth-order valence-corrected chi connectivity index (χ4v) is 2.61. The molecule has 0 aliphatic heterocycles. The number of nitrogens with zero attached hydrogens (tertiary/aromatic N) is 4. The molecule has 1 heterocycles. The summed E-state index contributed by atoms with van der Waals surface area (Å²) in [5, 5.41) is 13.1. The van der Waals surface area contributed by atoms with Crippen molar-refractivity contribution in [2.75, 3.05) is 26.0 Å². The minimum atomic E-state index is -3.71. The van der Waals surface area contributed by atoms with Crippen LogP contribution in [0, 0.1) is 0 Å². The lowest BCUT2D eigenvalue weighted by atomic mass is 10.1. The first-order valence-electron chi connectivity index (χ1n) is 7.01. The van der Waals surface area contributed by atoms with Crippen LogP contribution in [0.2, 0.25) is 0 Å². The number of benzene rings is 1. The highest BCUT2D eigenvalue weighted by atomic mass is 32.2. The molecule has 1 aromatic heterocycles. The van der Waals surface area contributed by atoms with Crippen LogP contribution in [-0.2, 0) is 16.6 Å². The first-order valence-corrected chi connectivity index (χ1v) is 8.56. The SMILES string of the molecule is C[C@H](c1cccc(S(N)(=O)=O)c1)N(C)Cc1nnc(N(C)C)o1. The van der Waals surface area contributed by atoms with Crippen molar-refractivity contribution in [2.45, 2.75) is 24.4 Å². The fourth-order valence-electron chi connectivity index (χ4n) is 2.05. The van der Waals surface area contributed by atoms with Gasteiger partial charge in [0.15, 0.2) is 0 Å². The Balaban J connectivity index is 2.14. The van der Waals surface area contributed by atoms with E-state index in [2.05, 4.69) is 10.2 Å². The summed E-state index contributed by atoms with van der Waals surface area (Å²) >= 11 is 0. The Hall–Kier alpha value is -1.97. The van der Waals surface area contributed by atoms with E-state index in [4.69, 9.17) is 9.56 Å². The zero-order valence-electron chi connectivity index (χ0n) is 13.6. The lowest BCUT2D eigenvalue weighted by Gasteiger charge is -2.23. The van der Waals surface area contributed by atoms with Gasteiger partial charge in [-0.3, -0.25) is 4.90 Å². The van der Waals surface area contributed by atoms with Gasteiger partial charge >= 0.3 is 6.01 Å². The molecule has 2 rings (SSSR count). The molecule has 9 heteroatoms. The van der Waals surface area contributed by atoms with E-state index in [-0.39, 0.29) is 10.9 Å². The molecule has 8 nitrogen and oxygen atoms in total. The molecule has 0 fully saturated rings. The van der Waals surface area contributed by atoms with E-state index < -0.39 is 10.0 Å². The second-order valence-corrected chi connectivity index (χ2v) is 7.14. The van der Waals surface area contributed by atoms with Crippen molar-refractivity contribution in [3.8, 4) is 0 Å². The lowest BCUT2D eigenvalue weighted by Crippen LogP contribution is -2.22. The molecule has 126 valence electrons. The molecule has 0 unspecified atom stereocenters. The third kappa shape index (κ3) is 4.27. The summed E-state index contributed by atoms with van der Waals surface area (Å²) in [6.45, 7) is 2.41. The number of anilines is 1. The smallest absolute Gasteiger partial charge is 0.317 e. The third-order valence-corrected chi connectivity index (χ3v) is 4.46. The Kier molecular flexibility index (Phi) is 5.03. The molecular weight excluding hydrogens is 318 g/mol. The largest absolute Gasteiger partial charge is 0.407 e. The summed E-state index contributed by atoms with van der Waals surface area (Å²) < 4.78 is 28.4.